The molecule has 86 valence electrons. The molecule has 2 rings (SSSR count). The number of carbonyl (C=O) groups excluding carboxylic acids is 1. The quantitative estimate of drug-likeness (QED) is 0.691. The molecule has 0 spiro atoms. The lowest BCUT2D eigenvalue weighted by atomic mass is 9.70. The van der Waals surface area contributed by atoms with E-state index in [0.29, 0.717) is 6.42 Å². The molecular weight excluding hydrogens is 216 g/mol. The summed E-state index contributed by atoms with van der Waals surface area (Å²) < 4.78 is 31.5. The lowest BCUT2D eigenvalue weighted by Gasteiger charge is -2.32. The Balaban J connectivity index is 2.57. The number of rotatable bonds is 1. The van der Waals surface area contributed by atoms with Gasteiger partial charge in [-0.05, 0) is 24.2 Å². The van der Waals surface area contributed by atoms with Crippen molar-refractivity contribution in [1.29, 1.82) is 0 Å². The van der Waals surface area contributed by atoms with E-state index in [0.717, 1.165) is 6.42 Å². The number of fused-ring (bicyclic) bond motifs is 2. The smallest absolute Gasteiger partial charge is 0.275 e. The summed E-state index contributed by atoms with van der Waals surface area (Å²) in [6.45, 7) is 5.67. The first-order valence-electron chi connectivity index (χ1n) is 5.13. The molecule has 0 radical (unpaired) electrons. The average Bonchev–Trinajstić information content (AvgIpc) is 2.33. The Morgan fingerprint density at radius 1 is 1.33 bits per heavy atom. The van der Waals surface area contributed by atoms with Crippen LogP contribution in [0, 0.1) is 16.7 Å². The van der Waals surface area contributed by atoms with Crippen molar-refractivity contribution in [2.24, 2.45) is 16.7 Å². The van der Waals surface area contributed by atoms with E-state index in [1.807, 2.05) is 20.8 Å². The third kappa shape index (κ3) is 1.11. The van der Waals surface area contributed by atoms with Gasteiger partial charge in [0.25, 0.3) is 10.1 Å². The second kappa shape index (κ2) is 2.63. The predicted octanol–water partition coefficient (Wildman–Crippen LogP) is 1.27. The summed E-state index contributed by atoms with van der Waals surface area (Å²) in [6.07, 6.45) is 1.44. The topological polar surface area (TPSA) is 71.4 Å². The predicted molar refractivity (Wildman–Crippen MR) is 55.0 cm³/mol. The molecule has 0 aliphatic heterocycles. The molecule has 0 amide bonds. The van der Waals surface area contributed by atoms with Gasteiger partial charge in [-0.2, -0.15) is 8.42 Å². The molecule has 0 aromatic carbocycles. The molecule has 2 unspecified atom stereocenters. The van der Waals surface area contributed by atoms with Crippen molar-refractivity contribution in [2.75, 3.05) is 0 Å². The second-order valence-corrected chi connectivity index (χ2v) is 7.04. The van der Waals surface area contributed by atoms with Crippen LogP contribution in [-0.2, 0) is 14.9 Å². The van der Waals surface area contributed by atoms with Crippen LogP contribution < -0.4 is 0 Å². The van der Waals surface area contributed by atoms with Gasteiger partial charge >= 0.3 is 0 Å². The summed E-state index contributed by atoms with van der Waals surface area (Å²) >= 11 is 0. The van der Waals surface area contributed by atoms with Gasteiger partial charge < -0.3 is 0 Å². The van der Waals surface area contributed by atoms with Gasteiger partial charge in [0, 0.05) is 5.41 Å². The SMILES string of the molecule is CC12CC[C@H](C(S(=O)(=O)O)C1=O)C2(C)C. The normalized spacial score (nSPS) is 43.6. The molecule has 0 aromatic heterocycles. The fraction of sp³-hybridized carbons (Fsp3) is 0.900. The van der Waals surface area contributed by atoms with Gasteiger partial charge in [0.1, 0.15) is 5.25 Å². The molecule has 2 aliphatic rings. The standard InChI is InChI=1S/C10H16O4S/c1-9(2)6-4-5-10(9,3)8(11)7(6)15(12,13)14/h6-7H,4-5H2,1-3H3,(H,12,13,14)/t6-,7?,10?/m1/s1. The van der Waals surface area contributed by atoms with Crippen molar-refractivity contribution in [2.45, 2.75) is 38.9 Å². The molecule has 3 atom stereocenters. The first-order valence-corrected chi connectivity index (χ1v) is 6.63. The fourth-order valence-electron chi connectivity index (χ4n) is 3.35. The summed E-state index contributed by atoms with van der Waals surface area (Å²) in [5, 5.41) is -1.19. The zero-order chi connectivity index (χ0) is 11.6. The largest absolute Gasteiger partial charge is 0.297 e. The molecule has 2 saturated carbocycles. The number of Topliss-reactive ketones (excluding diaryl/α,β-unsaturated/α-hetero) is 1. The van der Waals surface area contributed by atoms with Crippen LogP contribution >= 0.6 is 0 Å². The van der Waals surface area contributed by atoms with Crippen molar-refractivity contribution in [3.63, 3.8) is 0 Å². The Labute approximate surface area is 89.8 Å². The highest BCUT2D eigenvalue weighted by atomic mass is 32.2. The molecule has 5 heteroatoms. The Morgan fingerprint density at radius 3 is 2.13 bits per heavy atom. The van der Waals surface area contributed by atoms with Crippen LogP contribution in [0.5, 0.6) is 0 Å². The van der Waals surface area contributed by atoms with Gasteiger partial charge in [-0.1, -0.05) is 20.8 Å². The zero-order valence-corrected chi connectivity index (χ0v) is 9.97. The first kappa shape index (κ1) is 11.1. The third-order valence-corrected chi connectivity index (χ3v) is 5.98. The molecule has 4 nitrogen and oxygen atoms in total. The first-order chi connectivity index (χ1) is 6.62. The number of hydrogen-bond donors (Lipinski definition) is 1. The molecule has 0 aromatic rings. The van der Waals surface area contributed by atoms with Gasteiger partial charge in [-0.15, -0.1) is 0 Å². The van der Waals surface area contributed by atoms with E-state index >= 15 is 0 Å². The number of carbonyl (C=O) groups is 1. The Bertz CT molecular complexity index is 423. The zero-order valence-electron chi connectivity index (χ0n) is 9.15. The fourth-order valence-corrected chi connectivity index (χ4v) is 4.77. The lowest BCUT2D eigenvalue weighted by Crippen LogP contribution is -2.38. The maximum atomic E-state index is 12.0. The van der Waals surface area contributed by atoms with Gasteiger partial charge in [0.15, 0.2) is 5.78 Å². The summed E-state index contributed by atoms with van der Waals surface area (Å²) in [6, 6.07) is 0. The van der Waals surface area contributed by atoms with Crippen molar-refractivity contribution in [3.8, 4) is 0 Å². The molecule has 2 bridgehead atoms. The van der Waals surface area contributed by atoms with E-state index in [1.54, 1.807) is 0 Å². The number of hydrogen-bond acceptors (Lipinski definition) is 3. The van der Waals surface area contributed by atoms with E-state index in [4.69, 9.17) is 4.55 Å². The molecule has 2 aliphatic carbocycles. The van der Waals surface area contributed by atoms with Gasteiger partial charge in [0.05, 0.1) is 0 Å². The lowest BCUT2D eigenvalue weighted by molar-refractivity contribution is -0.128. The molecule has 1 N–H and O–H groups in total. The van der Waals surface area contributed by atoms with Gasteiger partial charge in [-0.25, -0.2) is 0 Å². The highest BCUT2D eigenvalue weighted by molar-refractivity contribution is 7.87. The van der Waals surface area contributed by atoms with Crippen LogP contribution in [0.1, 0.15) is 33.6 Å². The Hall–Kier alpha value is -0.420. The minimum absolute atomic E-state index is 0.231. The summed E-state index contributed by atoms with van der Waals surface area (Å²) in [7, 11) is -4.24. The molecule has 15 heavy (non-hydrogen) atoms. The van der Waals surface area contributed by atoms with E-state index < -0.39 is 20.8 Å². The maximum Gasteiger partial charge on any atom is 0.275 e. The minimum Gasteiger partial charge on any atom is -0.297 e. The second-order valence-electron chi connectivity index (χ2n) is 5.50. The van der Waals surface area contributed by atoms with Crippen molar-refractivity contribution in [3.05, 3.63) is 0 Å². The van der Waals surface area contributed by atoms with Crippen LogP contribution in [0.4, 0.5) is 0 Å². The molecule has 0 saturated heterocycles. The Kier molecular flexibility index (Phi) is 1.94. The van der Waals surface area contributed by atoms with Crippen LogP contribution in [0.25, 0.3) is 0 Å². The van der Waals surface area contributed by atoms with Crippen LogP contribution in [-0.4, -0.2) is 24.0 Å². The Morgan fingerprint density at radius 2 is 1.87 bits per heavy atom. The molecule has 2 fully saturated rings. The van der Waals surface area contributed by atoms with Crippen LogP contribution in [0.15, 0.2) is 0 Å². The summed E-state index contributed by atoms with van der Waals surface area (Å²) in [4.78, 5) is 12.0. The molecule has 0 heterocycles. The average molecular weight is 232 g/mol. The van der Waals surface area contributed by atoms with E-state index in [1.165, 1.54) is 0 Å². The summed E-state index contributed by atoms with van der Waals surface area (Å²) in [5.41, 5.74) is -0.914. The van der Waals surface area contributed by atoms with E-state index in [9.17, 15) is 13.2 Å². The summed E-state index contributed by atoms with van der Waals surface area (Å²) in [5.74, 6) is -0.531. The monoisotopic (exact) mass is 232 g/mol. The van der Waals surface area contributed by atoms with Crippen molar-refractivity contribution >= 4 is 15.9 Å². The van der Waals surface area contributed by atoms with Gasteiger partial charge in [-0.3, -0.25) is 9.35 Å². The number of ketones is 1. The van der Waals surface area contributed by atoms with Crippen LogP contribution in [0.2, 0.25) is 0 Å². The van der Waals surface area contributed by atoms with Crippen molar-refractivity contribution in [1.82, 2.24) is 0 Å². The third-order valence-electron chi connectivity index (χ3n) is 4.79. The van der Waals surface area contributed by atoms with Gasteiger partial charge in [0.2, 0.25) is 0 Å². The highest BCUT2D eigenvalue weighted by Crippen LogP contribution is 2.64. The maximum absolute atomic E-state index is 12.0. The van der Waals surface area contributed by atoms with E-state index in [-0.39, 0.29) is 17.1 Å². The van der Waals surface area contributed by atoms with Crippen molar-refractivity contribution < 1.29 is 17.8 Å². The molecular formula is C10H16O4S. The van der Waals surface area contributed by atoms with Crippen LogP contribution in [0.3, 0.4) is 0 Å². The minimum atomic E-state index is -4.24. The van der Waals surface area contributed by atoms with E-state index in [2.05, 4.69) is 0 Å². The highest BCUT2D eigenvalue weighted by Gasteiger charge is 2.69.